The van der Waals surface area contributed by atoms with Crippen LogP contribution >= 0.6 is 0 Å². The average molecular weight is 440 g/mol. The molecule has 0 saturated carbocycles. The van der Waals surface area contributed by atoms with Crippen LogP contribution in [0.3, 0.4) is 0 Å². The number of ether oxygens (including phenoxy) is 1. The highest BCUT2D eigenvalue weighted by Crippen LogP contribution is 2.49. The molecule has 0 amide bonds. The lowest BCUT2D eigenvalue weighted by Gasteiger charge is -2.58. The summed E-state index contributed by atoms with van der Waals surface area (Å²) >= 11 is 0. The molecule has 3 aliphatic rings. The Bertz CT molecular complexity index is 1140. The van der Waals surface area contributed by atoms with Gasteiger partial charge in [0.15, 0.2) is 0 Å². The summed E-state index contributed by atoms with van der Waals surface area (Å²) < 4.78 is 7.82. The predicted octanol–water partition coefficient (Wildman–Crippen LogP) is 6.48. The van der Waals surface area contributed by atoms with Crippen LogP contribution in [0.5, 0.6) is 0 Å². The predicted molar refractivity (Wildman–Crippen MR) is 136 cm³/mol. The van der Waals surface area contributed by atoms with E-state index in [1.165, 1.54) is 35.9 Å². The summed E-state index contributed by atoms with van der Waals surface area (Å²) in [5.41, 5.74) is 4.77. The van der Waals surface area contributed by atoms with E-state index in [0.29, 0.717) is 24.5 Å². The molecule has 0 spiro atoms. The lowest BCUT2D eigenvalue weighted by Crippen LogP contribution is -2.67. The maximum atomic E-state index is 6.75. The van der Waals surface area contributed by atoms with Crippen LogP contribution in [0, 0.1) is 11.8 Å². The van der Waals surface area contributed by atoms with Crippen molar-refractivity contribution in [2.24, 2.45) is 11.8 Å². The van der Waals surface area contributed by atoms with Crippen LogP contribution in [-0.4, -0.2) is 35.2 Å². The van der Waals surface area contributed by atoms with Gasteiger partial charge in [0.2, 0.25) is 0 Å². The van der Waals surface area contributed by atoms with E-state index in [0.717, 1.165) is 28.7 Å². The largest absolute Gasteiger partial charge is 0.363 e. The molecule has 5 atom stereocenters. The number of piperidine rings is 3. The normalized spacial score (nSPS) is 27.4. The molecule has 3 aromatic rings. The zero-order valence-corrected chi connectivity index (χ0v) is 19.7. The summed E-state index contributed by atoms with van der Waals surface area (Å²) in [6.45, 7) is 14.4. The first-order chi connectivity index (χ1) is 16.1. The number of pyridine rings is 1. The van der Waals surface area contributed by atoms with E-state index in [-0.39, 0.29) is 6.10 Å². The van der Waals surface area contributed by atoms with Crippen LogP contribution in [0.2, 0.25) is 0 Å². The van der Waals surface area contributed by atoms with E-state index in [2.05, 4.69) is 91.8 Å². The van der Waals surface area contributed by atoms with Crippen molar-refractivity contribution < 1.29 is 9.22 Å². The summed E-state index contributed by atoms with van der Waals surface area (Å²) in [6.07, 6.45) is 6.60. The van der Waals surface area contributed by atoms with Crippen molar-refractivity contribution in [1.29, 1.82) is 0 Å². The molecular formula is C30H35N2O+. The monoisotopic (exact) mass is 439 g/mol. The lowest BCUT2D eigenvalue weighted by atomic mass is 9.71. The zero-order valence-electron chi connectivity index (χ0n) is 19.7. The standard InChI is InChI=1S/C30H35N2O/c1-4-24-20-32(19-23-10-6-5-7-11-23)17-15-25(24)18-29(32)30(33-21-22(2)3)27-14-16-31-28-13-9-8-12-26(27)28/h4-14,16,24-25,29-30H,1-2,15,17-21H2,3H3/q+1/t24-,25-,29+,30-,32?/m0/s1. The van der Waals surface area contributed by atoms with Crippen LogP contribution in [0.15, 0.2) is 91.7 Å². The van der Waals surface area contributed by atoms with Gasteiger partial charge in [0.1, 0.15) is 18.7 Å². The summed E-state index contributed by atoms with van der Waals surface area (Å²) in [6, 6.07) is 22.0. The third kappa shape index (κ3) is 4.28. The number of nitrogens with zero attached hydrogens (tertiary/aromatic N) is 2. The van der Waals surface area contributed by atoms with Crippen molar-refractivity contribution in [2.45, 2.75) is 38.5 Å². The van der Waals surface area contributed by atoms with Crippen LogP contribution in [0.4, 0.5) is 0 Å². The maximum Gasteiger partial charge on any atom is 0.135 e. The molecule has 2 aromatic carbocycles. The van der Waals surface area contributed by atoms with E-state index >= 15 is 0 Å². The molecular weight excluding hydrogens is 404 g/mol. The van der Waals surface area contributed by atoms with Gasteiger partial charge in [-0.3, -0.25) is 4.98 Å². The Morgan fingerprint density at radius 2 is 1.94 bits per heavy atom. The maximum absolute atomic E-state index is 6.75. The number of benzene rings is 2. The summed E-state index contributed by atoms with van der Waals surface area (Å²) in [7, 11) is 0. The van der Waals surface area contributed by atoms with E-state index in [1.54, 1.807) is 0 Å². The molecule has 33 heavy (non-hydrogen) atoms. The first-order valence-corrected chi connectivity index (χ1v) is 12.2. The second-order valence-electron chi connectivity index (χ2n) is 10.1. The lowest BCUT2D eigenvalue weighted by molar-refractivity contribution is -0.985. The summed E-state index contributed by atoms with van der Waals surface area (Å²) in [4.78, 5) is 4.63. The molecule has 3 fully saturated rings. The van der Waals surface area contributed by atoms with Crippen molar-refractivity contribution in [1.82, 2.24) is 4.98 Å². The van der Waals surface area contributed by atoms with E-state index < -0.39 is 0 Å². The highest BCUT2D eigenvalue weighted by atomic mass is 16.5. The second kappa shape index (κ2) is 9.24. The van der Waals surface area contributed by atoms with Gasteiger partial charge >= 0.3 is 0 Å². The zero-order chi connectivity index (χ0) is 22.8. The fraction of sp³-hybridized carbons (Fsp3) is 0.367. The minimum atomic E-state index is 0.00637. The Morgan fingerprint density at radius 1 is 1.15 bits per heavy atom. The molecule has 1 unspecified atom stereocenters. The van der Waals surface area contributed by atoms with Gasteiger partial charge in [0.05, 0.1) is 25.2 Å². The van der Waals surface area contributed by atoms with Gasteiger partial charge in [-0.05, 0) is 30.5 Å². The fourth-order valence-corrected chi connectivity index (χ4v) is 6.32. The highest BCUT2D eigenvalue weighted by Gasteiger charge is 2.54. The molecule has 0 radical (unpaired) electrons. The van der Waals surface area contributed by atoms with Gasteiger partial charge in [0, 0.05) is 35.9 Å². The number of aromatic nitrogens is 1. The molecule has 1 aromatic heterocycles. The summed E-state index contributed by atoms with van der Waals surface area (Å²) in [5, 5.41) is 1.20. The Labute approximate surface area is 198 Å². The number of fused-ring (bicyclic) bond motifs is 4. The minimum absolute atomic E-state index is 0.00637. The van der Waals surface area contributed by atoms with Gasteiger partial charge < -0.3 is 9.22 Å². The van der Waals surface area contributed by atoms with Gasteiger partial charge in [-0.25, -0.2) is 0 Å². The Balaban J connectivity index is 1.60. The van der Waals surface area contributed by atoms with E-state index in [1.807, 2.05) is 6.20 Å². The molecule has 2 bridgehead atoms. The third-order valence-electron chi connectivity index (χ3n) is 7.86. The van der Waals surface area contributed by atoms with Gasteiger partial charge in [-0.2, -0.15) is 0 Å². The topological polar surface area (TPSA) is 22.1 Å². The molecule has 4 heterocycles. The fourth-order valence-electron chi connectivity index (χ4n) is 6.32. The Morgan fingerprint density at radius 3 is 2.73 bits per heavy atom. The third-order valence-corrected chi connectivity index (χ3v) is 7.86. The molecule has 0 aliphatic carbocycles. The molecule has 3 heteroatoms. The molecule has 6 rings (SSSR count). The van der Waals surface area contributed by atoms with Crippen molar-refractivity contribution in [3.8, 4) is 0 Å². The Kier molecular flexibility index (Phi) is 6.18. The first-order valence-electron chi connectivity index (χ1n) is 12.2. The van der Waals surface area contributed by atoms with Gasteiger partial charge in [-0.1, -0.05) is 66.8 Å². The Hall–Kier alpha value is -2.75. The molecule has 0 N–H and O–H groups in total. The molecule has 3 saturated heterocycles. The number of rotatable bonds is 8. The first kappa shape index (κ1) is 22.1. The SMILES string of the molecule is C=C[C@H]1C[N+]2(Cc3ccccc3)CC[C@H]1C[C@@H]2[C@@H](OCC(=C)C)c1ccnc2ccccc12. The van der Waals surface area contributed by atoms with Crippen molar-refractivity contribution in [3.63, 3.8) is 0 Å². The van der Waals surface area contributed by atoms with Crippen molar-refractivity contribution >= 4 is 10.9 Å². The van der Waals surface area contributed by atoms with Crippen molar-refractivity contribution in [3.05, 3.63) is 103 Å². The van der Waals surface area contributed by atoms with Crippen LogP contribution in [0.1, 0.15) is 37.0 Å². The van der Waals surface area contributed by atoms with Gasteiger partial charge in [0.25, 0.3) is 0 Å². The van der Waals surface area contributed by atoms with Gasteiger partial charge in [-0.15, -0.1) is 6.58 Å². The summed E-state index contributed by atoms with van der Waals surface area (Å²) in [5.74, 6) is 1.27. The smallest absolute Gasteiger partial charge is 0.135 e. The molecule has 3 nitrogen and oxygen atoms in total. The van der Waals surface area contributed by atoms with Crippen LogP contribution < -0.4 is 0 Å². The van der Waals surface area contributed by atoms with Crippen molar-refractivity contribution in [2.75, 3.05) is 19.7 Å². The second-order valence-corrected chi connectivity index (χ2v) is 10.1. The highest BCUT2D eigenvalue weighted by molar-refractivity contribution is 5.82. The molecule has 3 aliphatic heterocycles. The van der Waals surface area contributed by atoms with E-state index in [4.69, 9.17) is 4.74 Å². The van der Waals surface area contributed by atoms with Crippen LogP contribution in [-0.2, 0) is 11.3 Å². The number of para-hydroxylation sites is 1. The van der Waals surface area contributed by atoms with Crippen LogP contribution in [0.25, 0.3) is 10.9 Å². The minimum Gasteiger partial charge on any atom is -0.363 e. The van der Waals surface area contributed by atoms with E-state index in [9.17, 15) is 0 Å². The quantitative estimate of drug-likeness (QED) is 0.296. The number of hydrogen-bond acceptors (Lipinski definition) is 2. The number of quaternary nitrogens is 1. The number of hydrogen-bond donors (Lipinski definition) is 0. The molecule has 170 valence electrons. The average Bonchev–Trinajstić information content (AvgIpc) is 2.85.